The van der Waals surface area contributed by atoms with Gasteiger partial charge in [0, 0.05) is 11.7 Å². The molecule has 0 N–H and O–H groups in total. The van der Waals surface area contributed by atoms with Crippen molar-refractivity contribution in [3.05, 3.63) is 48.0 Å². The number of aliphatic imine (C=N–C) groups is 1. The van der Waals surface area contributed by atoms with Crippen molar-refractivity contribution in [1.82, 2.24) is 0 Å². The third-order valence-corrected chi connectivity index (χ3v) is 5.13. The summed E-state index contributed by atoms with van der Waals surface area (Å²) in [5.41, 5.74) is 1.42. The standard InChI is InChI=1S/C17H21NS/c1-13-11-16(13)17-18-15(12-19-17)10-6-5-9-14-7-3-2-4-8-14/h2-4,6-8,10,13,15-16H,5,9,11-12H2,1H3/b10-6-/t13-,15+,16+/m0/s1. The summed E-state index contributed by atoms with van der Waals surface area (Å²) in [6, 6.07) is 11.1. The van der Waals surface area contributed by atoms with Crippen LogP contribution in [0.2, 0.25) is 0 Å². The van der Waals surface area contributed by atoms with Crippen LogP contribution in [0.5, 0.6) is 0 Å². The van der Waals surface area contributed by atoms with Gasteiger partial charge in [-0.25, -0.2) is 0 Å². The summed E-state index contributed by atoms with van der Waals surface area (Å²) < 4.78 is 0. The van der Waals surface area contributed by atoms with Crippen molar-refractivity contribution in [3.8, 4) is 0 Å². The molecule has 0 saturated heterocycles. The number of hydrogen-bond acceptors (Lipinski definition) is 2. The molecule has 3 atom stereocenters. The van der Waals surface area contributed by atoms with Crippen LogP contribution in [0.4, 0.5) is 0 Å². The van der Waals surface area contributed by atoms with Crippen LogP contribution in [-0.2, 0) is 6.42 Å². The van der Waals surface area contributed by atoms with Crippen molar-refractivity contribution < 1.29 is 0 Å². The maximum absolute atomic E-state index is 4.84. The fourth-order valence-electron chi connectivity index (χ4n) is 2.52. The number of allylic oxidation sites excluding steroid dienone is 1. The van der Waals surface area contributed by atoms with Gasteiger partial charge < -0.3 is 0 Å². The zero-order valence-electron chi connectivity index (χ0n) is 11.5. The Hall–Kier alpha value is -1.02. The van der Waals surface area contributed by atoms with Gasteiger partial charge in [0.15, 0.2) is 0 Å². The molecule has 1 nitrogen and oxygen atoms in total. The average molecular weight is 271 g/mol. The number of nitrogens with zero attached hydrogens (tertiary/aromatic N) is 1. The summed E-state index contributed by atoms with van der Waals surface area (Å²) in [6.07, 6.45) is 8.22. The molecule has 1 heterocycles. The minimum absolute atomic E-state index is 0.434. The van der Waals surface area contributed by atoms with Crippen molar-refractivity contribution in [2.45, 2.75) is 32.2 Å². The van der Waals surface area contributed by atoms with Crippen LogP contribution in [0.1, 0.15) is 25.3 Å². The van der Waals surface area contributed by atoms with Gasteiger partial charge in [-0.05, 0) is 30.7 Å². The summed E-state index contributed by atoms with van der Waals surface area (Å²) in [6.45, 7) is 2.33. The monoisotopic (exact) mass is 271 g/mol. The molecule has 0 radical (unpaired) electrons. The molecule has 1 aromatic carbocycles. The first kappa shape index (κ1) is 13.0. The first-order valence-corrected chi connectivity index (χ1v) is 8.22. The first-order chi connectivity index (χ1) is 9.33. The summed E-state index contributed by atoms with van der Waals surface area (Å²) in [5, 5.41) is 1.42. The smallest absolute Gasteiger partial charge is 0.0783 e. The van der Waals surface area contributed by atoms with Crippen LogP contribution in [0.3, 0.4) is 0 Å². The van der Waals surface area contributed by atoms with Crippen molar-refractivity contribution in [2.75, 3.05) is 5.75 Å². The fourth-order valence-corrected chi connectivity index (χ4v) is 3.80. The second-order valence-corrected chi connectivity index (χ2v) is 6.66. The molecule has 1 saturated carbocycles. The van der Waals surface area contributed by atoms with E-state index in [9.17, 15) is 0 Å². The molecule has 100 valence electrons. The van der Waals surface area contributed by atoms with E-state index >= 15 is 0 Å². The number of benzene rings is 1. The Kier molecular flexibility index (Phi) is 4.07. The second-order valence-electron chi connectivity index (χ2n) is 5.62. The molecule has 1 aliphatic carbocycles. The van der Waals surface area contributed by atoms with Gasteiger partial charge in [0.2, 0.25) is 0 Å². The zero-order chi connectivity index (χ0) is 13.1. The number of rotatable bonds is 5. The summed E-state index contributed by atoms with van der Waals surface area (Å²) in [4.78, 5) is 4.84. The quantitative estimate of drug-likeness (QED) is 0.725. The van der Waals surface area contributed by atoms with Crippen molar-refractivity contribution in [2.24, 2.45) is 16.8 Å². The highest BCUT2D eigenvalue weighted by Gasteiger charge is 2.39. The van der Waals surface area contributed by atoms with E-state index in [1.54, 1.807) is 0 Å². The highest BCUT2D eigenvalue weighted by molar-refractivity contribution is 8.14. The minimum atomic E-state index is 0.434. The molecular weight excluding hydrogens is 250 g/mol. The number of aryl methyl sites for hydroxylation is 1. The first-order valence-electron chi connectivity index (χ1n) is 7.24. The normalized spacial score (nSPS) is 29.7. The van der Waals surface area contributed by atoms with Crippen LogP contribution in [0, 0.1) is 11.8 Å². The van der Waals surface area contributed by atoms with Gasteiger partial charge >= 0.3 is 0 Å². The lowest BCUT2D eigenvalue weighted by Gasteiger charge is -1.98. The van der Waals surface area contributed by atoms with E-state index in [-0.39, 0.29) is 0 Å². The molecule has 2 heteroatoms. The molecular formula is C17H21NS. The van der Waals surface area contributed by atoms with E-state index in [1.165, 1.54) is 17.0 Å². The largest absolute Gasteiger partial charge is 0.274 e. The third-order valence-electron chi connectivity index (χ3n) is 3.92. The van der Waals surface area contributed by atoms with Gasteiger partial charge in [-0.15, -0.1) is 11.8 Å². The van der Waals surface area contributed by atoms with E-state index in [4.69, 9.17) is 4.99 Å². The Morgan fingerprint density at radius 2 is 2.11 bits per heavy atom. The molecule has 3 rings (SSSR count). The topological polar surface area (TPSA) is 12.4 Å². The van der Waals surface area contributed by atoms with Crippen LogP contribution >= 0.6 is 11.8 Å². The van der Waals surface area contributed by atoms with Crippen LogP contribution in [0.15, 0.2) is 47.5 Å². The molecule has 0 aromatic heterocycles. The highest BCUT2D eigenvalue weighted by atomic mass is 32.2. The summed E-state index contributed by atoms with van der Waals surface area (Å²) in [7, 11) is 0. The third kappa shape index (κ3) is 3.50. The highest BCUT2D eigenvalue weighted by Crippen LogP contribution is 2.44. The van der Waals surface area contributed by atoms with Crippen LogP contribution in [0.25, 0.3) is 0 Å². The summed E-state index contributed by atoms with van der Waals surface area (Å²) >= 11 is 1.98. The zero-order valence-corrected chi connectivity index (χ0v) is 12.3. The van der Waals surface area contributed by atoms with Crippen molar-refractivity contribution in [1.29, 1.82) is 0 Å². The Bertz CT molecular complexity index is 477. The minimum Gasteiger partial charge on any atom is -0.274 e. The number of thioether (sulfide) groups is 1. The fraction of sp³-hybridized carbons (Fsp3) is 0.471. The van der Waals surface area contributed by atoms with Gasteiger partial charge in [0.05, 0.1) is 11.1 Å². The van der Waals surface area contributed by atoms with Crippen LogP contribution < -0.4 is 0 Å². The maximum atomic E-state index is 4.84. The van der Waals surface area contributed by atoms with Crippen molar-refractivity contribution >= 4 is 16.8 Å². The Morgan fingerprint density at radius 3 is 2.84 bits per heavy atom. The Balaban J connectivity index is 1.44. The summed E-state index contributed by atoms with van der Waals surface area (Å²) in [5.74, 6) is 2.83. The SMILES string of the molecule is C[C@H]1C[C@H]1C1=N[C@H](/C=C\CCc2ccccc2)CS1. The van der Waals surface area contributed by atoms with E-state index in [2.05, 4.69) is 49.4 Å². The van der Waals surface area contributed by atoms with E-state index in [0.717, 1.165) is 30.4 Å². The maximum Gasteiger partial charge on any atom is 0.0783 e. The molecule has 1 aliphatic heterocycles. The van der Waals surface area contributed by atoms with Gasteiger partial charge in [-0.1, -0.05) is 49.4 Å². The second kappa shape index (κ2) is 5.96. The molecule has 19 heavy (non-hydrogen) atoms. The molecule has 0 amide bonds. The van der Waals surface area contributed by atoms with Gasteiger partial charge in [-0.3, -0.25) is 4.99 Å². The Labute approximate surface area is 120 Å². The van der Waals surface area contributed by atoms with E-state index in [0.29, 0.717) is 6.04 Å². The van der Waals surface area contributed by atoms with Crippen molar-refractivity contribution in [3.63, 3.8) is 0 Å². The lowest BCUT2D eigenvalue weighted by Crippen LogP contribution is -1.97. The predicted octanol–water partition coefficient (Wildman–Crippen LogP) is 4.35. The molecule has 0 bridgehead atoms. The number of hydrogen-bond donors (Lipinski definition) is 0. The average Bonchev–Trinajstić information content (AvgIpc) is 2.99. The van der Waals surface area contributed by atoms with E-state index < -0.39 is 0 Å². The molecule has 1 fully saturated rings. The molecule has 0 spiro atoms. The molecule has 0 unspecified atom stereocenters. The van der Waals surface area contributed by atoms with Gasteiger partial charge in [0.25, 0.3) is 0 Å². The lowest BCUT2D eigenvalue weighted by molar-refractivity contribution is 0.903. The van der Waals surface area contributed by atoms with Gasteiger partial charge in [-0.2, -0.15) is 0 Å². The Morgan fingerprint density at radius 1 is 1.32 bits per heavy atom. The predicted molar refractivity (Wildman–Crippen MR) is 84.9 cm³/mol. The lowest BCUT2D eigenvalue weighted by atomic mass is 10.1. The van der Waals surface area contributed by atoms with E-state index in [1.807, 2.05) is 11.8 Å². The molecule has 2 aliphatic rings. The molecule has 1 aromatic rings. The van der Waals surface area contributed by atoms with Crippen LogP contribution in [-0.4, -0.2) is 16.8 Å². The van der Waals surface area contributed by atoms with Gasteiger partial charge in [0.1, 0.15) is 0 Å².